The number of methoxy groups -OCH3 is 1. The molecule has 146 valence electrons. The minimum Gasteiger partial charge on any atom is -0.497 e. The summed E-state index contributed by atoms with van der Waals surface area (Å²) < 4.78 is 7.23. The molecule has 0 radical (unpaired) electrons. The van der Waals surface area contributed by atoms with Crippen LogP contribution in [0.3, 0.4) is 0 Å². The molecule has 5 nitrogen and oxygen atoms in total. The largest absolute Gasteiger partial charge is 0.497 e. The van der Waals surface area contributed by atoms with Gasteiger partial charge in [-0.3, -0.25) is 4.79 Å². The van der Waals surface area contributed by atoms with Crippen LogP contribution in [0.2, 0.25) is 0 Å². The Bertz CT molecular complexity index is 950. The minimum absolute atomic E-state index is 0.0700. The number of anilines is 1. The van der Waals surface area contributed by atoms with Gasteiger partial charge in [0.05, 0.1) is 22.9 Å². The number of hydrogen-bond donors (Lipinski definition) is 1. The van der Waals surface area contributed by atoms with Crippen molar-refractivity contribution in [2.75, 3.05) is 31.6 Å². The summed E-state index contributed by atoms with van der Waals surface area (Å²) >= 11 is 5.20. The first-order valence-electron chi connectivity index (χ1n) is 9.36. The van der Waals surface area contributed by atoms with Gasteiger partial charge in [0.1, 0.15) is 5.75 Å². The Labute approximate surface area is 176 Å². The molecular weight excluding hydrogens is 438 g/mol. The van der Waals surface area contributed by atoms with Gasteiger partial charge in [0.2, 0.25) is 0 Å². The molecule has 3 aromatic rings. The third kappa shape index (κ3) is 4.15. The standard InChI is InChI=1S/C21H22BrN3O2S/c1-27-15-6-7-17(22)16(12-15)20(26)23-13-14-8-10-25(11-9-14)21-24-18-4-2-3-5-19(18)28-21/h2-7,12,14H,8-11,13H2,1H3,(H,23,26). The number of rotatable bonds is 5. The van der Waals surface area contributed by atoms with Crippen molar-refractivity contribution in [3.05, 3.63) is 52.5 Å². The highest BCUT2D eigenvalue weighted by Gasteiger charge is 2.22. The second-order valence-corrected chi connectivity index (χ2v) is 8.81. The quantitative estimate of drug-likeness (QED) is 0.599. The molecule has 1 amide bonds. The predicted octanol–water partition coefficient (Wildman–Crippen LogP) is 4.71. The highest BCUT2D eigenvalue weighted by Crippen LogP contribution is 2.31. The lowest BCUT2D eigenvalue weighted by atomic mass is 9.97. The van der Waals surface area contributed by atoms with Crippen LogP contribution < -0.4 is 15.0 Å². The molecule has 0 bridgehead atoms. The van der Waals surface area contributed by atoms with E-state index in [1.54, 1.807) is 24.5 Å². The zero-order valence-corrected chi connectivity index (χ0v) is 18.1. The molecule has 0 atom stereocenters. The number of fused-ring (bicyclic) bond motifs is 1. The zero-order valence-electron chi connectivity index (χ0n) is 15.7. The molecule has 0 unspecified atom stereocenters. The number of halogens is 1. The van der Waals surface area contributed by atoms with E-state index in [1.165, 1.54) is 4.70 Å². The van der Waals surface area contributed by atoms with E-state index in [2.05, 4.69) is 44.3 Å². The fraction of sp³-hybridized carbons (Fsp3) is 0.333. The summed E-state index contributed by atoms with van der Waals surface area (Å²) in [6.45, 7) is 2.64. The van der Waals surface area contributed by atoms with Gasteiger partial charge in [0, 0.05) is 24.1 Å². The van der Waals surface area contributed by atoms with Gasteiger partial charge < -0.3 is 15.0 Å². The van der Waals surface area contributed by atoms with E-state index in [1.807, 2.05) is 18.2 Å². The Morgan fingerprint density at radius 2 is 2.07 bits per heavy atom. The lowest BCUT2D eigenvalue weighted by Crippen LogP contribution is -2.38. The van der Waals surface area contributed by atoms with Crippen molar-refractivity contribution in [3.8, 4) is 5.75 Å². The monoisotopic (exact) mass is 459 g/mol. The van der Waals surface area contributed by atoms with Crippen molar-refractivity contribution in [1.29, 1.82) is 0 Å². The van der Waals surface area contributed by atoms with Crippen LogP contribution in [0.1, 0.15) is 23.2 Å². The molecule has 2 aromatic carbocycles. The minimum atomic E-state index is -0.0700. The second kappa shape index (κ2) is 8.49. The predicted molar refractivity (Wildman–Crippen MR) is 118 cm³/mol. The van der Waals surface area contributed by atoms with Gasteiger partial charge in [0.15, 0.2) is 5.13 Å². The summed E-state index contributed by atoms with van der Waals surface area (Å²) in [5.41, 5.74) is 1.67. The van der Waals surface area contributed by atoms with Crippen molar-refractivity contribution in [2.24, 2.45) is 5.92 Å². The van der Waals surface area contributed by atoms with Crippen molar-refractivity contribution in [3.63, 3.8) is 0 Å². The Hall–Kier alpha value is -2.12. The van der Waals surface area contributed by atoms with Crippen molar-refractivity contribution in [1.82, 2.24) is 10.3 Å². The number of thiazole rings is 1. The van der Waals surface area contributed by atoms with E-state index in [9.17, 15) is 4.79 Å². The van der Waals surface area contributed by atoms with Gasteiger partial charge in [-0.1, -0.05) is 23.5 Å². The number of nitrogens with zero attached hydrogens (tertiary/aromatic N) is 2. The summed E-state index contributed by atoms with van der Waals surface area (Å²) in [7, 11) is 1.60. The van der Waals surface area contributed by atoms with Crippen LogP contribution in [0.15, 0.2) is 46.9 Å². The lowest BCUT2D eigenvalue weighted by molar-refractivity contribution is 0.0944. The summed E-state index contributed by atoms with van der Waals surface area (Å²) in [6, 6.07) is 13.7. The van der Waals surface area contributed by atoms with Crippen LogP contribution in [-0.2, 0) is 0 Å². The fourth-order valence-corrected chi connectivity index (χ4v) is 4.91. The zero-order chi connectivity index (χ0) is 19.5. The lowest BCUT2D eigenvalue weighted by Gasteiger charge is -2.31. The van der Waals surface area contributed by atoms with E-state index < -0.39 is 0 Å². The van der Waals surface area contributed by atoms with E-state index >= 15 is 0 Å². The van der Waals surface area contributed by atoms with Gasteiger partial charge in [-0.15, -0.1) is 0 Å². The summed E-state index contributed by atoms with van der Waals surface area (Å²) in [6.07, 6.45) is 2.10. The number of ether oxygens (including phenoxy) is 1. The van der Waals surface area contributed by atoms with Crippen molar-refractivity contribution in [2.45, 2.75) is 12.8 Å². The molecular formula is C21H22BrN3O2S. The molecule has 0 saturated carbocycles. The molecule has 2 heterocycles. The molecule has 1 saturated heterocycles. The van der Waals surface area contributed by atoms with Gasteiger partial charge in [-0.25, -0.2) is 4.98 Å². The van der Waals surface area contributed by atoms with E-state index in [-0.39, 0.29) is 5.91 Å². The third-order valence-electron chi connectivity index (χ3n) is 5.14. The highest BCUT2D eigenvalue weighted by atomic mass is 79.9. The Morgan fingerprint density at radius 1 is 1.29 bits per heavy atom. The molecule has 1 aliphatic rings. The average molecular weight is 460 g/mol. The normalized spacial score (nSPS) is 15.0. The molecule has 7 heteroatoms. The van der Waals surface area contributed by atoms with Crippen LogP contribution in [-0.4, -0.2) is 37.6 Å². The Morgan fingerprint density at radius 3 is 2.82 bits per heavy atom. The number of carbonyl (C=O) groups is 1. The topological polar surface area (TPSA) is 54.5 Å². The first kappa shape index (κ1) is 19.2. The number of piperidine rings is 1. The fourth-order valence-electron chi connectivity index (χ4n) is 3.46. The third-order valence-corrected chi connectivity index (χ3v) is 6.93. The van der Waals surface area contributed by atoms with E-state index in [4.69, 9.17) is 9.72 Å². The smallest absolute Gasteiger partial charge is 0.252 e. The van der Waals surface area contributed by atoms with Crippen LogP contribution in [0.25, 0.3) is 10.2 Å². The summed E-state index contributed by atoms with van der Waals surface area (Å²) in [4.78, 5) is 19.7. The van der Waals surface area contributed by atoms with Crippen LogP contribution in [0, 0.1) is 5.92 Å². The first-order valence-corrected chi connectivity index (χ1v) is 11.0. The number of aromatic nitrogens is 1. The number of carbonyl (C=O) groups excluding carboxylic acids is 1. The number of nitrogens with one attached hydrogen (secondary N) is 1. The molecule has 28 heavy (non-hydrogen) atoms. The number of hydrogen-bond acceptors (Lipinski definition) is 5. The summed E-state index contributed by atoms with van der Waals surface area (Å²) in [5.74, 6) is 1.09. The van der Waals surface area contributed by atoms with Crippen molar-refractivity contribution >= 4 is 48.5 Å². The van der Waals surface area contributed by atoms with Crippen LogP contribution >= 0.6 is 27.3 Å². The molecule has 4 rings (SSSR count). The maximum absolute atomic E-state index is 12.5. The number of benzene rings is 2. The Kier molecular flexibility index (Phi) is 5.82. The Balaban J connectivity index is 1.31. The SMILES string of the molecule is COc1ccc(Br)c(C(=O)NCC2CCN(c3nc4ccccc4s3)CC2)c1. The second-order valence-electron chi connectivity index (χ2n) is 6.95. The molecule has 1 N–H and O–H groups in total. The van der Waals surface area contributed by atoms with Crippen LogP contribution in [0.5, 0.6) is 5.75 Å². The maximum atomic E-state index is 12.5. The average Bonchev–Trinajstić information content (AvgIpc) is 3.17. The van der Waals surface area contributed by atoms with Crippen LogP contribution in [0.4, 0.5) is 5.13 Å². The molecule has 0 aliphatic carbocycles. The molecule has 1 aliphatic heterocycles. The van der Waals surface area contributed by atoms with Gasteiger partial charge >= 0.3 is 0 Å². The molecule has 0 spiro atoms. The number of para-hydroxylation sites is 1. The first-order chi connectivity index (χ1) is 13.6. The van der Waals surface area contributed by atoms with Gasteiger partial charge in [-0.2, -0.15) is 0 Å². The van der Waals surface area contributed by atoms with Gasteiger partial charge in [0.25, 0.3) is 5.91 Å². The number of amides is 1. The van der Waals surface area contributed by atoms with Crippen molar-refractivity contribution < 1.29 is 9.53 Å². The van der Waals surface area contributed by atoms with E-state index in [0.29, 0.717) is 23.8 Å². The molecule has 1 aromatic heterocycles. The van der Waals surface area contributed by atoms with Gasteiger partial charge in [-0.05, 0) is 65.0 Å². The van der Waals surface area contributed by atoms with E-state index in [0.717, 1.165) is 41.1 Å². The maximum Gasteiger partial charge on any atom is 0.252 e. The molecule has 1 fully saturated rings. The highest BCUT2D eigenvalue weighted by molar-refractivity contribution is 9.10. The summed E-state index contributed by atoms with van der Waals surface area (Å²) in [5, 5.41) is 4.18.